The number of benzene rings is 1. The third kappa shape index (κ3) is 4.33. The largest absolute Gasteiger partial charge is 0.314 e. The Hall–Kier alpha value is 0.160. The summed E-state index contributed by atoms with van der Waals surface area (Å²) in [5.41, 5.74) is 0.161. The van der Waals surface area contributed by atoms with Gasteiger partial charge in [0.2, 0.25) is 0 Å². The van der Waals surface area contributed by atoms with E-state index in [0.717, 1.165) is 13.1 Å². The number of piperazine rings is 1. The summed E-state index contributed by atoms with van der Waals surface area (Å²) in [6, 6.07) is 1.95. The van der Waals surface area contributed by atoms with Gasteiger partial charge in [0.1, 0.15) is 12.5 Å². The molecule has 0 spiro atoms. The lowest BCUT2D eigenvalue weighted by molar-refractivity contribution is 0.144. The second kappa shape index (κ2) is 9.23. The first-order valence-electron chi connectivity index (χ1n) is 5.79. The van der Waals surface area contributed by atoms with Gasteiger partial charge in [-0.15, -0.1) is 24.8 Å². The van der Waals surface area contributed by atoms with Gasteiger partial charge < -0.3 is 5.32 Å². The summed E-state index contributed by atoms with van der Waals surface area (Å²) in [4.78, 5) is 1.89. The van der Waals surface area contributed by atoms with Crippen LogP contribution in [-0.4, -0.2) is 37.8 Å². The molecule has 116 valence electrons. The number of hydrogen-bond acceptors (Lipinski definition) is 2. The molecule has 1 fully saturated rings. The number of rotatable bonds is 3. The Morgan fingerprint density at radius 2 is 1.80 bits per heavy atom. The Balaban J connectivity index is 0.00000180. The normalized spacial score (nSPS) is 17.0. The fourth-order valence-corrected chi connectivity index (χ4v) is 2.64. The molecule has 0 aromatic heterocycles. The average molecular weight is 368 g/mol. The van der Waals surface area contributed by atoms with Crippen LogP contribution in [0.5, 0.6) is 0 Å². The van der Waals surface area contributed by atoms with E-state index in [1.165, 1.54) is 12.1 Å². The molecule has 0 bridgehead atoms. The highest BCUT2D eigenvalue weighted by Crippen LogP contribution is 2.35. The SMILES string of the molecule is Cl.Cl.FC[C@H](c1c(F)ccc(Cl)c1Cl)N1CCNCC1. The van der Waals surface area contributed by atoms with E-state index >= 15 is 0 Å². The molecule has 0 unspecified atom stereocenters. The molecule has 1 heterocycles. The Bertz CT molecular complexity index is 428. The highest BCUT2D eigenvalue weighted by atomic mass is 35.5. The van der Waals surface area contributed by atoms with E-state index < -0.39 is 18.5 Å². The maximum atomic E-state index is 13.9. The van der Waals surface area contributed by atoms with E-state index in [9.17, 15) is 8.78 Å². The minimum Gasteiger partial charge on any atom is -0.314 e. The molecule has 8 heteroatoms. The monoisotopic (exact) mass is 366 g/mol. The van der Waals surface area contributed by atoms with Crippen molar-refractivity contribution in [3.8, 4) is 0 Å². The van der Waals surface area contributed by atoms with E-state index in [-0.39, 0.29) is 40.4 Å². The molecule has 1 aromatic rings. The van der Waals surface area contributed by atoms with Crippen LogP contribution in [0.25, 0.3) is 0 Å². The van der Waals surface area contributed by atoms with E-state index in [1.54, 1.807) is 0 Å². The van der Waals surface area contributed by atoms with Crippen molar-refractivity contribution in [3.63, 3.8) is 0 Å². The van der Waals surface area contributed by atoms with Crippen LogP contribution in [0, 0.1) is 5.82 Å². The molecule has 1 N–H and O–H groups in total. The maximum Gasteiger partial charge on any atom is 0.129 e. The van der Waals surface area contributed by atoms with Gasteiger partial charge in [0.05, 0.1) is 16.1 Å². The quantitative estimate of drug-likeness (QED) is 0.815. The number of alkyl halides is 1. The highest BCUT2D eigenvalue weighted by molar-refractivity contribution is 6.42. The van der Waals surface area contributed by atoms with Gasteiger partial charge in [0, 0.05) is 31.7 Å². The zero-order chi connectivity index (χ0) is 13.1. The Labute approximate surface area is 139 Å². The topological polar surface area (TPSA) is 15.3 Å². The summed E-state index contributed by atoms with van der Waals surface area (Å²) in [5.74, 6) is -0.509. The number of nitrogens with zero attached hydrogens (tertiary/aromatic N) is 1. The molecule has 1 saturated heterocycles. The van der Waals surface area contributed by atoms with Crippen molar-refractivity contribution in [3.05, 3.63) is 33.6 Å². The zero-order valence-corrected chi connectivity index (χ0v) is 13.7. The van der Waals surface area contributed by atoms with Crippen LogP contribution in [0.4, 0.5) is 8.78 Å². The van der Waals surface area contributed by atoms with Gasteiger partial charge >= 0.3 is 0 Å². The first-order chi connectivity index (χ1) is 8.65. The molecule has 1 aliphatic heterocycles. The van der Waals surface area contributed by atoms with Gasteiger partial charge in [-0.05, 0) is 12.1 Å². The van der Waals surface area contributed by atoms with Gasteiger partial charge in [-0.3, -0.25) is 4.90 Å². The van der Waals surface area contributed by atoms with Crippen molar-refractivity contribution in [1.82, 2.24) is 10.2 Å². The third-order valence-corrected chi connectivity index (χ3v) is 3.97. The van der Waals surface area contributed by atoms with Crippen LogP contribution in [0.3, 0.4) is 0 Å². The molecule has 0 radical (unpaired) electrons. The minimum atomic E-state index is -0.684. The summed E-state index contributed by atoms with van der Waals surface area (Å²) >= 11 is 11.9. The minimum absolute atomic E-state index is 0. The molecule has 2 nitrogen and oxygen atoms in total. The van der Waals surface area contributed by atoms with Gasteiger partial charge in [-0.25, -0.2) is 8.78 Å². The second-order valence-electron chi connectivity index (χ2n) is 4.21. The molecule has 0 aliphatic carbocycles. The van der Waals surface area contributed by atoms with Crippen molar-refractivity contribution in [1.29, 1.82) is 0 Å². The maximum absolute atomic E-state index is 13.9. The van der Waals surface area contributed by atoms with Crippen LogP contribution in [0.15, 0.2) is 12.1 Å². The lowest BCUT2D eigenvalue weighted by Crippen LogP contribution is -2.46. The van der Waals surface area contributed by atoms with Crippen LogP contribution >= 0.6 is 48.0 Å². The molecular weight excluding hydrogens is 352 g/mol. The van der Waals surface area contributed by atoms with E-state index in [4.69, 9.17) is 23.2 Å². The van der Waals surface area contributed by atoms with Gasteiger partial charge in [-0.1, -0.05) is 23.2 Å². The summed E-state index contributed by atoms with van der Waals surface area (Å²) in [6.07, 6.45) is 0. The Kier molecular flexibility index (Phi) is 9.31. The number of halogens is 6. The van der Waals surface area contributed by atoms with E-state index in [1.807, 2.05) is 4.90 Å². The van der Waals surface area contributed by atoms with Crippen molar-refractivity contribution in [2.24, 2.45) is 0 Å². The van der Waals surface area contributed by atoms with Crippen LogP contribution in [0.2, 0.25) is 10.0 Å². The number of nitrogens with one attached hydrogen (secondary N) is 1. The Morgan fingerprint density at radius 1 is 1.20 bits per heavy atom. The molecular formula is C12H16Cl4F2N2. The summed E-state index contributed by atoms with van der Waals surface area (Å²) in [5, 5.41) is 3.53. The van der Waals surface area contributed by atoms with Gasteiger partial charge in [0.25, 0.3) is 0 Å². The van der Waals surface area contributed by atoms with Gasteiger partial charge in [0.15, 0.2) is 0 Å². The van der Waals surface area contributed by atoms with Crippen molar-refractivity contribution in [2.45, 2.75) is 6.04 Å². The van der Waals surface area contributed by atoms with Crippen molar-refractivity contribution >= 4 is 48.0 Å². The zero-order valence-electron chi connectivity index (χ0n) is 10.5. The fraction of sp³-hybridized carbons (Fsp3) is 0.500. The molecule has 0 saturated carbocycles. The molecule has 0 amide bonds. The second-order valence-corrected chi connectivity index (χ2v) is 5.00. The third-order valence-electron chi connectivity index (χ3n) is 3.15. The first-order valence-corrected chi connectivity index (χ1v) is 6.55. The highest BCUT2D eigenvalue weighted by Gasteiger charge is 2.27. The predicted molar refractivity (Wildman–Crippen MR) is 84.1 cm³/mol. The van der Waals surface area contributed by atoms with E-state index in [0.29, 0.717) is 13.1 Å². The van der Waals surface area contributed by atoms with Crippen LogP contribution < -0.4 is 5.32 Å². The van der Waals surface area contributed by atoms with Crippen LogP contribution in [-0.2, 0) is 0 Å². The van der Waals surface area contributed by atoms with Gasteiger partial charge in [-0.2, -0.15) is 0 Å². The fourth-order valence-electron chi connectivity index (χ4n) is 2.20. The molecule has 20 heavy (non-hydrogen) atoms. The molecule has 1 aromatic carbocycles. The van der Waals surface area contributed by atoms with E-state index in [2.05, 4.69) is 5.32 Å². The summed E-state index contributed by atoms with van der Waals surface area (Å²) in [6.45, 7) is 2.16. The molecule has 2 rings (SSSR count). The first kappa shape index (κ1) is 20.2. The lowest BCUT2D eigenvalue weighted by Gasteiger charge is -2.34. The smallest absolute Gasteiger partial charge is 0.129 e. The summed E-state index contributed by atoms with van der Waals surface area (Å²) < 4.78 is 27.2. The molecule has 1 aliphatic rings. The predicted octanol–water partition coefficient (Wildman–Crippen LogP) is 3.89. The molecule has 1 atom stereocenters. The lowest BCUT2D eigenvalue weighted by atomic mass is 10.0. The average Bonchev–Trinajstić information content (AvgIpc) is 2.40. The standard InChI is InChI=1S/C12H14Cl2F2N2.2ClH/c13-8-1-2-9(16)11(12(8)14)10(7-15)18-5-3-17-4-6-18;;/h1-2,10,17H,3-7H2;2*1H/t10-;;/m1../s1. The number of hydrogen-bond donors (Lipinski definition) is 1. The summed E-state index contributed by atoms with van der Waals surface area (Å²) in [7, 11) is 0. The van der Waals surface area contributed by atoms with Crippen molar-refractivity contribution in [2.75, 3.05) is 32.9 Å². The van der Waals surface area contributed by atoms with Crippen molar-refractivity contribution < 1.29 is 8.78 Å². The Morgan fingerprint density at radius 3 is 2.35 bits per heavy atom. The van der Waals surface area contributed by atoms with Crippen LogP contribution in [0.1, 0.15) is 11.6 Å².